The van der Waals surface area contributed by atoms with Crippen LogP contribution in [-0.4, -0.2) is 20.6 Å². The van der Waals surface area contributed by atoms with Gasteiger partial charge in [-0.2, -0.15) is 5.10 Å². The number of amidine groups is 1. The predicted octanol–water partition coefficient (Wildman–Crippen LogP) is 1.25. The highest BCUT2D eigenvalue weighted by Crippen LogP contribution is 2.17. The molecule has 2 aromatic heterocycles. The summed E-state index contributed by atoms with van der Waals surface area (Å²) in [6.45, 7) is 2.66. The zero-order valence-electron chi connectivity index (χ0n) is 9.01. The van der Waals surface area contributed by atoms with Gasteiger partial charge in [0.25, 0.3) is 0 Å². The first-order chi connectivity index (χ1) is 7.72. The summed E-state index contributed by atoms with van der Waals surface area (Å²) in [5.74, 6) is 0.0367. The maximum atomic E-state index is 7.46. The van der Waals surface area contributed by atoms with Crippen LogP contribution in [0.25, 0.3) is 11.3 Å². The number of nitrogens with two attached hydrogens (primary N) is 1. The van der Waals surface area contributed by atoms with Crippen LogP contribution in [-0.2, 0) is 6.54 Å². The highest BCUT2D eigenvalue weighted by atomic mass is 15.3. The highest BCUT2D eigenvalue weighted by molar-refractivity contribution is 5.94. The van der Waals surface area contributed by atoms with Gasteiger partial charge in [0, 0.05) is 24.5 Å². The molecule has 3 N–H and O–H groups in total. The minimum atomic E-state index is 0.0367. The van der Waals surface area contributed by atoms with Crippen LogP contribution in [0, 0.1) is 5.41 Å². The Morgan fingerprint density at radius 1 is 1.44 bits per heavy atom. The monoisotopic (exact) mass is 215 g/mol. The highest BCUT2D eigenvalue weighted by Gasteiger charge is 2.10. The summed E-state index contributed by atoms with van der Waals surface area (Å²) in [5.41, 5.74) is 7.93. The fourth-order valence-corrected chi connectivity index (χ4v) is 1.54. The topological polar surface area (TPSA) is 80.6 Å². The standard InChI is InChI=1S/C11H13N5/c1-2-16-10(11(12)13)7-9(15-16)8-3-5-14-6-4-8/h3-7H,2H2,1H3,(H3,12,13). The molecule has 0 radical (unpaired) electrons. The molecule has 2 aromatic rings. The number of pyridine rings is 1. The second-order valence-electron chi connectivity index (χ2n) is 3.38. The van der Waals surface area contributed by atoms with Crippen molar-refractivity contribution in [2.75, 3.05) is 0 Å². The molecule has 16 heavy (non-hydrogen) atoms. The average molecular weight is 215 g/mol. The van der Waals surface area contributed by atoms with Crippen LogP contribution < -0.4 is 5.73 Å². The quantitative estimate of drug-likeness (QED) is 0.597. The SMILES string of the molecule is CCn1nc(-c2ccncc2)cc1C(=N)N. The first kappa shape index (κ1) is 10.4. The number of rotatable bonds is 3. The molecule has 0 saturated carbocycles. The fourth-order valence-electron chi connectivity index (χ4n) is 1.54. The van der Waals surface area contributed by atoms with E-state index in [0.29, 0.717) is 12.2 Å². The Morgan fingerprint density at radius 3 is 2.62 bits per heavy atom. The first-order valence-corrected chi connectivity index (χ1v) is 5.05. The number of nitrogens with zero attached hydrogens (tertiary/aromatic N) is 3. The van der Waals surface area contributed by atoms with Crippen LogP contribution in [0.3, 0.4) is 0 Å². The number of nitrogens with one attached hydrogen (secondary N) is 1. The molecule has 0 aliphatic carbocycles. The normalized spacial score (nSPS) is 10.3. The van der Waals surface area contributed by atoms with Crippen LogP contribution in [0.2, 0.25) is 0 Å². The van der Waals surface area contributed by atoms with Crippen molar-refractivity contribution in [2.24, 2.45) is 5.73 Å². The molecule has 0 unspecified atom stereocenters. The molecule has 82 valence electrons. The summed E-state index contributed by atoms with van der Waals surface area (Å²) >= 11 is 0. The second-order valence-corrected chi connectivity index (χ2v) is 3.38. The van der Waals surface area contributed by atoms with E-state index in [1.807, 2.05) is 25.1 Å². The van der Waals surface area contributed by atoms with Gasteiger partial charge in [0.05, 0.1) is 5.69 Å². The Kier molecular flexibility index (Phi) is 2.68. The number of aryl methyl sites for hydroxylation is 1. The summed E-state index contributed by atoms with van der Waals surface area (Å²) in [6.07, 6.45) is 3.43. The van der Waals surface area contributed by atoms with Crippen LogP contribution in [0.1, 0.15) is 12.6 Å². The van der Waals surface area contributed by atoms with Crippen molar-refractivity contribution in [3.8, 4) is 11.3 Å². The Balaban J connectivity index is 2.48. The van der Waals surface area contributed by atoms with E-state index in [1.165, 1.54) is 0 Å². The zero-order valence-corrected chi connectivity index (χ0v) is 9.01. The average Bonchev–Trinajstić information content (AvgIpc) is 2.74. The molecule has 0 aromatic carbocycles. The Hall–Kier alpha value is -2.17. The summed E-state index contributed by atoms with van der Waals surface area (Å²) in [5, 5.41) is 11.8. The van der Waals surface area contributed by atoms with Crippen molar-refractivity contribution in [3.63, 3.8) is 0 Å². The third-order valence-corrected chi connectivity index (χ3v) is 2.33. The minimum absolute atomic E-state index is 0.0367. The molecule has 0 aliphatic heterocycles. The predicted molar refractivity (Wildman–Crippen MR) is 62.1 cm³/mol. The summed E-state index contributed by atoms with van der Waals surface area (Å²) < 4.78 is 1.72. The zero-order chi connectivity index (χ0) is 11.5. The van der Waals surface area contributed by atoms with E-state index < -0.39 is 0 Å². The van der Waals surface area contributed by atoms with Gasteiger partial charge in [-0.3, -0.25) is 15.1 Å². The van der Waals surface area contributed by atoms with E-state index in [4.69, 9.17) is 11.1 Å². The molecule has 0 amide bonds. The first-order valence-electron chi connectivity index (χ1n) is 5.05. The van der Waals surface area contributed by atoms with Gasteiger partial charge in [0.1, 0.15) is 11.5 Å². The van der Waals surface area contributed by atoms with Crippen LogP contribution >= 0.6 is 0 Å². The van der Waals surface area contributed by atoms with Crippen molar-refractivity contribution in [3.05, 3.63) is 36.3 Å². The molecule has 2 rings (SSSR count). The molecule has 5 heteroatoms. The molecule has 0 spiro atoms. The number of hydrogen-bond donors (Lipinski definition) is 2. The van der Waals surface area contributed by atoms with E-state index >= 15 is 0 Å². The van der Waals surface area contributed by atoms with Gasteiger partial charge >= 0.3 is 0 Å². The van der Waals surface area contributed by atoms with Crippen LogP contribution in [0.4, 0.5) is 0 Å². The van der Waals surface area contributed by atoms with Gasteiger partial charge < -0.3 is 5.73 Å². The molecule has 0 aliphatic rings. The fraction of sp³-hybridized carbons (Fsp3) is 0.182. The maximum absolute atomic E-state index is 7.46. The third-order valence-electron chi connectivity index (χ3n) is 2.33. The van der Waals surface area contributed by atoms with Crippen LogP contribution in [0.5, 0.6) is 0 Å². The molecule has 0 atom stereocenters. The largest absolute Gasteiger partial charge is 0.382 e. The van der Waals surface area contributed by atoms with Crippen molar-refractivity contribution in [2.45, 2.75) is 13.5 Å². The van der Waals surface area contributed by atoms with Gasteiger partial charge in [-0.05, 0) is 25.1 Å². The van der Waals surface area contributed by atoms with Gasteiger partial charge in [-0.25, -0.2) is 0 Å². The van der Waals surface area contributed by atoms with E-state index in [1.54, 1.807) is 17.1 Å². The number of hydrogen-bond acceptors (Lipinski definition) is 3. The van der Waals surface area contributed by atoms with E-state index in [-0.39, 0.29) is 5.84 Å². The Labute approximate surface area is 93.4 Å². The summed E-state index contributed by atoms with van der Waals surface area (Å²) in [6, 6.07) is 5.58. The lowest BCUT2D eigenvalue weighted by molar-refractivity contribution is 0.655. The third kappa shape index (κ3) is 1.79. The molecular weight excluding hydrogens is 202 g/mol. The molecule has 0 saturated heterocycles. The minimum Gasteiger partial charge on any atom is -0.382 e. The lowest BCUT2D eigenvalue weighted by atomic mass is 10.2. The number of aromatic nitrogens is 3. The van der Waals surface area contributed by atoms with Crippen molar-refractivity contribution in [1.82, 2.24) is 14.8 Å². The molecule has 2 heterocycles. The van der Waals surface area contributed by atoms with Crippen molar-refractivity contribution >= 4 is 5.84 Å². The van der Waals surface area contributed by atoms with Gasteiger partial charge in [0.15, 0.2) is 0 Å². The Bertz CT molecular complexity index is 500. The van der Waals surface area contributed by atoms with Crippen LogP contribution in [0.15, 0.2) is 30.6 Å². The number of nitrogen functional groups attached to an aromatic ring is 1. The Morgan fingerprint density at radius 2 is 2.12 bits per heavy atom. The molecule has 0 fully saturated rings. The molecule has 5 nitrogen and oxygen atoms in total. The van der Waals surface area contributed by atoms with Crippen molar-refractivity contribution in [1.29, 1.82) is 5.41 Å². The van der Waals surface area contributed by atoms with Gasteiger partial charge in [0.2, 0.25) is 0 Å². The van der Waals surface area contributed by atoms with Gasteiger partial charge in [-0.1, -0.05) is 0 Å². The smallest absolute Gasteiger partial charge is 0.141 e. The second kappa shape index (κ2) is 4.14. The maximum Gasteiger partial charge on any atom is 0.141 e. The lowest BCUT2D eigenvalue weighted by Crippen LogP contribution is -2.16. The lowest BCUT2D eigenvalue weighted by Gasteiger charge is -2.00. The van der Waals surface area contributed by atoms with Gasteiger partial charge in [-0.15, -0.1) is 0 Å². The van der Waals surface area contributed by atoms with E-state index in [2.05, 4.69) is 10.1 Å². The van der Waals surface area contributed by atoms with E-state index in [0.717, 1.165) is 11.3 Å². The summed E-state index contributed by atoms with van der Waals surface area (Å²) in [4.78, 5) is 3.95. The molecule has 0 bridgehead atoms. The summed E-state index contributed by atoms with van der Waals surface area (Å²) in [7, 11) is 0. The van der Waals surface area contributed by atoms with E-state index in [9.17, 15) is 0 Å². The van der Waals surface area contributed by atoms with Crippen molar-refractivity contribution < 1.29 is 0 Å². The molecular formula is C11H13N5.